The molecule has 1 aromatic rings. The van der Waals surface area contributed by atoms with Crippen molar-refractivity contribution in [2.75, 3.05) is 11.9 Å². The van der Waals surface area contributed by atoms with Crippen molar-refractivity contribution in [2.45, 2.75) is 13.0 Å². The second kappa shape index (κ2) is 4.18. The minimum Gasteiger partial charge on any atom is -0.394 e. The number of nitrogens with one attached hydrogen (secondary N) is 1. The molecule has 1 aromatic heterocycles. The molecule has 1 atom stereocenters. The van der Waals surface area contributed by atoms with Gasteiger partial charge in [0, 0.05) is 0 Å². The third-order valence-corrected chi connectivity index (χ3v) is 2.09. The first kappa shape index (κ1) is 9.15. The van der Waals surface area contributed by atoms with Gasteiger partial charge in [0.2, 0.25) is 5.13 Å². The zero-order valence-electron chi connectivity index (χ0n) is 6.82. The maximum absolute atomic E-state index is 8.82. The van der Waals surface area contributed by atoms with Crippen LogP contribution >= 0.6 is 11.3 Å². The quantitative estimate of drug-likeness (QED) is 0.681. The van der Waals surface area contributed by atoms with Crippen molar-refractivity contribution in [1.82, 2.24) is 10.2 Å². The Kier molecular flexibility index (Phi) is 3.19. The van der Waals surface area contributed by atoms with Gasteiger partial charge in [-0.25, -0.2) is 0 Å². The molecule has 0 bridgehead atoms. The highest BCUT2D eigenvalue weighted by Crippen LogP contribution is 2.14. The second-order valence-corrected chi connectivity index (χ2v) is 3.48. The molecule has 0 radical (unpaired) electrons. The second-order valence-electron chi connectivity index (χ2n) is 2.30. The highest BCUT2D eigenvalue weighted by molar-refractivity contribution is 7.15. The van der Waals surface area contributed by atoms with E-state index in [1.807, 2.05) is 6.92 Å². The highest BCUT2D eigenvalue weighted by Gasteiger charge is 2.04. The zero-order chi connectivity index (χ0) is 8.97. The van der Waals surface area contributed by atoms with Gasteiger partial charge in [0.05, 0.1) is 12.6 Å². The Bertz CT molecular complexity index is 261. The largest absolute Gasteiger partial charge is 0.394 e. The lowest BCUT2D eigenvalue weighted by Crippen LogP contribution is -2.20. The molecular weight excluding hydrogens is 174 g/mol. The standard InChI is InChI=1S/C7H11N3OS/c1-3-6(4-11)8-7-10-9-5(2)12-7/h3,6,11H,1,4H2,2H3,(H,8,10). The topological polar surface area (TPSA) is 58.0 Å². The highest BCUT2D eigenvalue weighted by atomic mass is 32.1. The fourth-order valence-electron chi connectivity index (χ4n) is 0.693. The number of aliphatic hydroxyl groups is 1. The van der Waals surface area contributed by atoms with Crippen LogP contribution in [-0.4, -0.2) is 28.0 Å². The maximum Gasteiger partial charge on any atom is 0.206 e. The van der Waals surface area contributed by atoms with E-state index in [1.54, 1.807) is 6.08 Å². The molecular formula is C7H11N3OS. The summed E-state index contributed by atoms with van der Waals surface area (Å²) in [6.07, 6.45) is 1.64. The van der Waals surface area contributed by atoms with Crippen LogP contribution in [0.3, 0.4) is 0 Å². The van der Waals surface area contributed by atoms with Crippen molar-refractivity contribution in [3.05, 3.63) is 17.7 Å². The SMILES string of the molecule is C=CC(CO)Nc1nnc(C)s1. The van der Waals surface area contributed by atoms with Crippen molar-refractivity contribution in [3.63, 3.8) is 0 Å². The van der Waals surface area contributed by atoms with Crippen LogP contribution in [0, 0.1) is 6.92 Å². The Hall–Kier alpha value is -0.940. The lowest BCUT2D eigenvalue weighted by Gasteiger charge is -2.08. The lowest BCUT2D eigenvalue weighted by molar-refractivity contribution is 0.291. The van der Waals surface area contributed by atoms with Gasteiger partial charge in [-0.15, -0.1) is 16.8 Å². The third kappa shape index (κ3) is 2.28. The van der Waals surface area contributed by atoms with E-state index < -0.39 is 0 Å². The first-order valence-electron chi connectivity index (χ1n) is 3.56. The Morgan fingerprint density at radius 3 is 2.92 bits per heavy atom. The molecule has 0 saturated carbocycles. The van der Waals surface area contributed by atoms with E-state index >= 15 is 0 Å². The lowest BCUT2D eigenvalue weighted by atomic mass is 10.3. The minimum absolute atomic E-state index is 0.0160. The zero-order valence-corrected chi connectivity index (χ0v) is 7.64. The van der Waals surface area contributed by atoms with Crippen molar-refractivity contribution in [3.8, 4) is 0 Å². The summed E-state index contributed by atoms with van der Waals surface area (Å²) in [4.78, 5) is 0. The number of aromatic nitrogens is 2. The first-order chi connectivity index (χ1) is 5.76. The van der Waals surface area contributed by atoms with Gasteiger partial charge >= 0.3 is 0 Å². The molecule has 0 amide bonds. The molecule has 1 rings (SSSR count). The molecule has 0 aliphatic carbocycles. The number of rotatable bonds is 4. The van der Waals surface area contributed by atoms with Crippen molar-refractivity contribution >= 4 is 16.5 Å². The smallest absolute Gasteiger partial charge is 0.206 e. The van der Waals surface area contributed by atoms with Crippen LogP contribution in [0.2, 0.25) is 0 Å². The van der Waals surface area contributed by atoms with Gasteiger partial charge in [-0.1, -0.05) is 17.4 Å². The van der Waals surface area contributed by atoms with E-state index in [2.05, 4.69) is 22.1 Å². The molecule has 12 heavy (non-hydrogen) atoms. The molecule has 2 N–H and O–H groups in total. The molecule has 1 heterocycles. The number of hydrogen-bond donors (Lipinski definition) is 2. The third-order valence-electron chi connectivity index (χ3n) is 1.32. The van der Waals surface area contributed by atoms with Crippen LogP contribution in [0.1, 0.15) is 5.01 Å². The molecule has 1 unspecified atom stereocenters. The Balaban J connectivity index is 2.56. The molecule has 0 aromatic carbocycles. The molecule has 5 heteroatoms. The summed E-state index contributed by atoms with van der Waals surface area (Å²) in [6, 6.07) is -0.141. The van der Waals surface area contributed by atoms with Gasteiger partial charge in [-0.3, -0.25) is 0 Å². The van der Waals surface area contributed by atoms with Gasteiger partial charge in [-0.2, -0.15) is 0 Å². The van der Waals surface area contributed by atoms with Crippen molar-refractivity contribution in [2.24, 2.45) is 0 Å². The van der Waals surface area contributed by atoms with Crippen LogP contribution in [0.5, 0.6) is 0 Å². The van der Waals surface area contributed by atoms with Crippen LogP contribution in [0.15, 0.2) is 12.7 Å². The van der Waals surface area contributed by atoms with E-state index in [9.17, 15) is 0 Å². The maximum atomic E-state index is 8.82. The summed E-state index contributed by atoms with van der Waals surface area (Å²) in [5, 5.41) is 21.1. The van der Waals surface area contributed by atoms with Crippen LogP contribution < -0.4 is 5.32 Å². The Labute approximate surface area is 75.0 Å². The summed E-state index contributed by atoms with van der Waals surface area (Å²) in [6.45, 7) is 5.46. The molecule has 0 aliphatic rings. The predicted molar refractivity (Wildman–Crippen MR) is 49.3 cm³/mol. The van der Waals surface area contributed by atoms with E-state index in [0.29, 0.717) is 5.13 Å². The van der Waals surface area contributed by atoms with E-state index in [4.69, 9.17) is 5.11 Å². The number of nitrogens with zero attached hydrogens (tertiary/aromatic N) is 2. The number of anilines is 1. The van der Waals surface area contributed by atoms with Crippen LogP contribution in [-0.2, 0) is 0 Å². The van der Waals surface area contributed by atoms with E-state index in [1.165, 1.54) is 11.3 Å². The molecule has 0 fully saturated rings. The average molecular weight is 185 g/mol. The Morgan fingerprint density at radius 2 is 2.50 bits per heavy atom. The molecule has 66 valence electrons. The molecule has 0 spiro atoms. The van der Waals surface area contributed by atoms with Crippen LogP contribution in [0.4, 0.5) is 5.13 Å². The summed E-state index contributed by atoms with van der Waals surface area (Å²) >= 11 is 1.45. The van der Waals surface area contributed by atoms with Crippen molar-refractivity contribution < 1.29 is 5.11 Å². The van der Waals surface area contributed by atoms with Crippen molar-refractivity contribution in [1.29, 1.82) is 0 Å². The summed E-state index contributed by atoms with van der Waals surface area (Å²) in [5.74, 6) is 0. The fraction of sp³-hybridized carbons (Fsp3) is 0.429. The summed E-state index contributed by atoms with van der Waals surface area (Å²) < 4.78 is 0. The van der Waals surface area contributed by atoms with Gasteiger partial charge in [0.15, 0.2) is 0 Å². The van der Waals surface area contributed by atoms with E-state index in [-0.39, 0.29) is 12.6 Å². The summed E-state index contributed by atoms with van der Waals surface area (Å²) in [7, 11) is 0. The normalized spacial score (nSPS) is 12.5. The minimum atomic E-state index is -0.141. The predicted octanol–water partition coefficient (Wildman–Crippen LogP) is 0.805. The Morgan fingerprint density at radius 1 is 1.75 bits per heavy atom. The fourth-order valence-corrected chi connectivity index (χ4v) is 1.35. The van der Waals surface area contributed by atoms with Crippen LogP contribution in [0.25, 0.3) is 0 Å². The summed E-state index contributed by atoms with van der Waals surface area (Å²) in [5.41, 5.74) is 0. The molecule has 0 aliphatic heterocycles. The number of aryl methyl sites for hydroxylation is 1. The molecule has 0 saturated heterocycles. The van der Waals surface area contributed by atoms with Gasteiger partial charge < -0.3 is 10.4 Å². The van der Waals surface area contributed by atoms with Gasteiger partial charge in [-0.05, 0) is 6.92 Å². The first-order valence-corrected chi connectivity index (χ1v) is 4.38. The van der Waals surface area contributed by atoms with E-state index in [0.717, 1.165) is 5.01 Å². The molecule has 4 nitrogen and oxygen atoms in total. The van der Waals surface area contributed by atoms with Gasteiger partial charge in [0.25, 0.3) is 0 Å². The average Bonchev–Trinajstić information content (AvgIpc) is 2.47. The number of aliphatic hydroxyl groups excluding tert-OH is 1. The number of hydrogen-bond acceptors (Lipinski definition) is 5. The van der Waals surface area contributed by atoms with Gasteiger partial charge in [0.1, 0.15) is 5.01 Å². The monoisotopic (exact) mass is 185 g/mol.